The summed E-state index contributed by atoms with van der Waals surface area (Å²) < 4.78 is 15.4. The van der Waals surface area contributed by atoms with Crippen LogP contribution in [0.25, 0.3) is 12.2 Å². The monoisotopic (exact) mass is 520 g/mol. The third kappa shape index (κ3) is 12.3. The first-order valence-electron chi connectivity index (χ1n) is 12.0. The van der Waals surface area contributed by atoms with Crippen molar-refractivity contribution in [2.75, 3.05) is 39.5 Å². The van der Waals surface area contributed by atoms with Crippen molar-refractivity contribution in [1.82, 2.24) is 10.2 Å². The average molecular weight is 521 g/mol. The van der Waals surface area contributed by atoms with Gasteiger partial charge in [0.2, 0.25) is 0 Å². The summed E-state index contributed by atoms with van der Waals surface area (Å²) >= 11 is 0. The lowest BCUT2D eigenvalue weighted by atomic mass is 10.2. The minimum atomic E-state index is -0.557. The molecule has 0 saturated heterocycles. The first kappa shape index (κ1) is 29.6. The summed E-state index contributed by atoms with van der Waals surface area (Å²) in [6, 6.07) is 18.0. The van der Waals surface area contributed by atoms with E-state index in [9.17, 15) is 19.2 Å². The van der Waals surface area contributed by atoms with E-state index in [0.717, 1.165) is 11.1 Å². The van der Waals surface area contributed by atoms with Crippen LogP contribution >= 0.6 is 0 Å². The van der Waals surface area contributed by atoms with Crippen LogP contribution in [-0.4, -0.2) is 68.3 Å². The zero-order chi connectivity index (χ0) is 27.6. The molecule has 9 nitrogen and oxygen atoms in total. The minimum absolute atomic E-state index is 0.0379. The number of ether oxygens (including phenoxy) is 3. The normalized spacial score (nSPS) is 10.7. The number of rotatable bonds is 14. The number of nitrogens with one attached hydrogen (secondary N) is 1. The molecule has 0 bridgehead atoms. The van der Waals surface area contributed by atoms with Gasteiger partial charge in [-0.2, -0.15) is 0 Å². The van der Waals surface area contributed by atoms with Gasteiger partial charge in [-0.1, -0.05) is 67.2 Å². The molecule has 200 valence electrons. The van der Waals surface area contributed by atoms with Crippen LogP contribution in [0.4, 0.5) is 4.79 Å². The van der Waals surface area contributed by atoms with Gasteiger partial charge >= 0.3 is 23.9 Å². The van der Waals surface area contributed by atoms with Crippen molar-refractivity contribution >= 4 is 36.1 Å². The Morgan fingerprint density at radius 2 is 1.24 bits per heavy atom. The molecule has 0 aromatic heterocycles. The standard InChI is InChI=1S/C29H32N2O7/c1-23(2)28(34)38-20-17-30-29(35)31(18-21-36-26(32)15-13-24-9-5-3-6-10-24)19-22-37-27(33)16-14-25-11-7-4-8-12-25/h3-16H,1,17-22H2,2H3,(H,30,35)/b15-13+,16-14+. The maximum atomic E-state index is 12.6. The van der Waals surface area contributed by atoms with Crippen molar-refractivity contribution in [3.8, 4) is 0 Å². The smallest absolute Gasteiger partial charge is 0.333 e. The second-order valence-corrected chi connectivity index (χ2v) is 7.96. The maximum absolute atomic E-state index is 12.6. The largest absolute Gasteiger partial charge is 0.461 e. The first-order valence-corrected chi connectivity index (χ1v) is 12.0. The van der Waals surface area contributed by atoms with Gasteiger partial charge in [-0.15, -0.1) is 0 Å². The van der Waals surface area contributed by atoms with Crippen molar-refractivity contribution in [2.45, 2.75) is 6.92 Å². The summed E-state index contributed by atoms with van der Waals surface area (Å²) in [5, 5.41) is 2.62. The second kappa shape index (κ2) is 16.9. The Morgan fingerprint density at radius 1 is 0.763 bits per heavy atom. The van der Waals surface area contributed by atoms with E-state index >= 15 is 0 Å². The lowest BCUT2D eigenvalue weighted by Crippen LogP contribution is -2.44. The molecular formula is C29H32N2O7. The third-order valence-corrected chi connectivity index (χ3v) is 4.88. The molecule has 2 aromatic carbocycles. The summed E-state index contributed by atoms with van der Waals surface area (Å²) in [5.41, 5.74) is 1.95. The highest BCUT2D eigenvalue weighted by atomic mass is 16.5. The number of hydrogen-bond acceptors (Lipinski definition) is 7. The van der Waals surface area contributed by atoms with Crippen LogP contribution in [0.1, 0.15) is 18.1 Å². The maximum Gasteiger partial charge on any atom is 0.333 e. The number of amides is 2. The van der Waals surface area contributed by atoms with E-state index < -0.39 is 23.9 Å². The Kier molecular flexibility index (Phi) is 13.2. The molecule has 0 fully saturated rings. The quantitative estimate of drug-likeness (QED) is 0.175. The van der Waals surface area contributed by atoms with Gasteiger partial charge in [0.1, 0.15) is 19.8 Å². The molecule has 0 atom stereocenters. The van der Waals surface area contributed by atoms with E-state index in [2.05, 4.69) is 11.9 Å². The SMILES string of the molecule is C=C(C)C(=O)OCCNC(=O)N(CCOC(=O)/C=C/c1ccccc1)CCOC(=O)/C=C/c1ccccc1. The molecule has 9 heteroatoms. The molecule has 2 aromatic rings. The van der Waals surface area contributed by atoms with Gasteiger partial charge in [0, 0.05) is 17.7 Å². The zero-order valence-electron chi connectivity index (χ0n) is 21.3. The van der Waals surface area contributed by atoms with Gasteiger partial charge < -0.3 is 24.4 Å². The highest BCUT2D eigenvalue weighted by Gasteiger charge is 2.15. The predicted molar refractivity (Wildman–Crippen MR) is 144 cm³/mol. The first-order chi connectivity index (χ1) is 18.3. The van der Waals surface area contributed by atoms with Crippen LogP contribution in [0.3, 0.4) is 0 Å². The molecule has 0 radical (unpaired) electrons. The van der Waals surface area contributed by atoms with Crippen LogP contribution in [0, 0.1) is 0 Å². The van der Waals surface area contributed by atoms with Gasteiger partial charge in [-0.3, -0.25) is 0 Å². The highest BCUT2D eigenvalue weighted by Crippen LogP contribution is 2.03. The van der Waals surface area contributed by atoms with Crippen LogP contribution in [0.2, 0.25) is 0 Å². The fourth-order valence-corrected chi connectivity index (χ4v) is 2.92. The zero-order valence-corrected chi connectivity index (χ0v) is 21.3. The fraction of sp³-hybridized carbons (Fsp3) is 0.241. The molecule has 0 aliphatic heterocycles. The van der Waals surface area contributed by atoms with E-state index in [1.807, 2.05) is 60.7 Å². The van der Waals surface area contributed by atoms with Crippen molar-refractivity contribution in [2.24, 2.45) is 0 Å². The predicted octanol–water partition coefficient (Wildman–Crippen LogP) is 3.63. The van der Waals surface area contributed by atoms with E-state index in [1.54, 1.807) is 12.2 Å². The lowest BCUT2D eigenvalue weighted by molar-refractivity contribution is -0.139. The van der Waals surface area contributed by atoms with Gasteiger partial charge in [-0.05, 0) is 30.2 Å². The summed E-state index contributed by atoms with van der Waals surface area (Å²) in [4.78, 5) is 49.5. The molecule has 38 heavy (non-hydrogen) atoms. The molecule has 0 aliphatic rings. The van der Waals surface area contributed by atoms with Crippen molar-refractivity contribution in [3.63, 3.8) is 0 Å². The highest BCUT2D eigenvalue weighted by molar-refractivity contribution is 5.88. The molecule has 1 N–H and O–H groups in total. The second-order valence-electron chi connectivity index (χ2n) is 7.96. The Hall–Kier alpha value is -4.66. The Bertz CT molecular complexity index is 1060. The molecule has 0 heterocycles. The lowest BCUT2D eigenvalue weighted by Gasteiger charge is -2.22. The van der Waals surface area contributed by atoms with Gasteiger partial charge in [0.25, 0.3) is 0 Å². The molecular weight excluding hydrogens is 488 g/mol. The summed E-state index contributed by atoms with van der Waals surface area (Å²) in [7, 11) is 0. The van der Waals surface area contributed by atoms with Gasteiger partial charge in [0.15, 0.2) is 0 Å². The van der Waals surface area contributed by atoms with Crippen molar-refractivity contribution < 1.29 is 33.4 Å². The molecule has 0 saturated carbocycles. The summed E-state index contributed by atoms with van der Waals surface area (Å²) in [6.45, 7) is 5.01. The molecule has 2 rings (SSSR count). The molecule has 2 amide bonds. The van der Waals surface area contributed by atoms with Crippen molar-refractivity contribution in [3.05, 3.63) is 96.1 Å². The Labute approximate surface area is 222 Å². The number of nitrogens with zero attached hydrogens (tertiary/aromatic N) is 1. The van der Waals surface area contributed by atoms with Crippen molar-refractivity contribution in [1.29, 1.82) is 0 Å². The Morgan fingerprint density at radius 3 is 1.68 bits per heavy atom. The number of esters is 3. The number of carbonyl (C=O) groups excluding carboxylic acids is 4. The molecule has 0 unspecified atom stereocenters. The topological polar surface area (TPSA) is 111 Å². The van der Waals surface area contributed by atoms with Crippen LogP contribution in [0.5, 0.6) is 0 Å². The minimum Gasteiger partial charge on any atom is -0.461 e. The van der Waals surface area contributed by atoms with Crippen LogP contribution in [0.15, 0.2) is 85.0 Å². The number of urea groups is 1. The number of hydrogen-bond donors (Lipinski definition) is 1. The summed E-state index contributed by atoms with van der Waals surface area (Å²) in [5.74, 6) is -1.67. The van der Waals surface area contributed by atoms with Gasteiger partial charge in [0.05, 0.1) is 19.6 Å². The van der Waals surface area contributed by atoms with E-state index in [1.165, 1.54) is 24.0 Å². The van der Waals surface area contributed by atoms with Gasteiger partial charge in [-0.25, -0.2) is 19.2 Å². The third-order valence-electron chi connectivity index (χ3n) is 4.88. The van der Waals surface area contributed by atoms with E-state index in [0.29, 0.717) is 0 Å². The van der Waals surface area contributed by atoms with Crippen LogP contribution < -0.4 is 5.32 Å². The van der Waals surface area contributed by atoms with Crippen LogP contribution in [-0.2, 0) is 28.6 Å². The number of carbonyl (C=O) groups is 4. The fourth-order valence-electron chi connectivity index (χ4n) is 2.92. The van der Waals surface area contributed by atoms with E-state index in [4.69, 9.17) is 14.2 Å². The van der Waals surface area contributed by atoms with E-state index in [-0.39, 0.29) is 45.0 Å². The molecule has 0 spiro atoms. The molecule has 0 aliphatic carbocycles. The average Bonchev–Trinajstić information content (AvgIpc) is 2.93. The summed E-state index contributed by atoms with van der Waals surface area (Å²) in [6.07, 6.45) is 5.86. The Balaban J connectivity index is 1.84. The number of benzene rings is 2.